The lowest BCUT2D eigenvalue weighted by atomic mass is 10.0. The largest absolute Gasteiger partial charge is 0.444 e. The Kier molecular flexibility index (Phi) is 8.10. The Balaban J connectivity index is 1.74. The van der Waals surface area contributed by atoms with Crippen LogP contribution in [-0.2, 0) is 22.6 Å². The second kappa shape index (κ2) is 10.3. The third-order valence-corrected chi connectivity index (χ3v) is 4.46. The monoisotopic (exact) mass is 375 g/mol. The van der Waals surface area contributed by atoms with Gasteiger partial charge in [-0.3, -0.25) is 9.69 Å². The third kappa shape index (κ3) is 8.43. The summed E-state index contributed by atoms with van der Waals surface area (Å²) < 4.78 is 5.15. The van der Waals surface area contributed by atoms with E-state index in [1.807, 2.05) is 6.07 Å². The Bertz CT molecular complexity index is 619. The first-order valence-electron chi connectivity index (χ1n) is 9.86. The maximum Gasteiger partial charge on any atom is 0.407 e. The van der Waals surface area contributed by atoms with Gasteiger partial charge in [0.2, 0.25) is 5.91 Å². The number of carbonyl (C=O) groups excluding carboxylic acids is 2. The number of nitrogens with zero attached hydrogens (tertiary/aromatic N) is 1. The number of piperidine rings is 1. The van der Waals surface area contributed by atoms with Gasteiger partial charge in [-0.1, -0.05) is 30.7 Å². The van der Waals surface area contributed by atoms with E-state index < -0.39 is 11.7 Å². The Morgan fingerprint density at radius 2 is 1.70 bits per heavy atom. The molecule has 0 bridgehead atoms. The molecule has 150 valence electrons. The molecule has 1 fully saturated rings. The molecular weight excluding hydrogens is 342 g/mol. The standard InChI is InChI=1S/C21H33N3O3/c1-21(2,3)27-20(26)22-12-11-19(25)23-15-17-9-5-6-10-18(17)16-24-13-7-4-8-14-24/h5-6,9-10H,4,7-8,11-16H2,1-3H3,(H,22,26)(H,23,25). The summed E-state index contributed by atoms with van der Waals surface area (Å²) >= 11 is 0. The fourth-order valence-corrected chi connectivity index (χ4v) is 3.12. The SMILES string of the molecule is CC(C)(C)OC(=O)NCCC(=O)NCc1ccccc1CN1CCCCC1. The molecule has 0 unspecified atom stereocenters. The van der Waals surface area contributed by atoms with Crippen LogP contribution >= 0.6 is 0 Å². The first-order valence-corrected chi connectivity index (χ1v) is 9.86. The average Bonchev–Trinajstić information content (AvgIpc) is 2.60. The Labute approximate surface area is 162 Å². The number of rotatable bonds is 7. The molecule has 0 saturated carbocycles. The molecule has 1 saturated heterocycles. The van der Waals surface area contributed by atoms with Gasteiger partial charge in [0.05, 0.1) is 0 Å². The van der Waals surface area contributed by atoms with Crippen molar-refractivity contribution in [1.82, 2.24) is 15.5 Å². The quantitative estimate of drug-likeness (QED) is 0.768. The maximum absolute atomic E-state index is 12.1. The molecule has 0 radical (unpaired) electrons. The summed E-state index contributed by atoms with van der Waals surface area (Å²) in [6, 6.07) is 8.26. The van der Waals surface area contributed by atoms with Crippen molar-refractivity contribution >= 4 is 12.0 Å². The highest BCUT2D eigenvalue weighted by Crippen LogP contribution is 2.16. The van der Waals surface area contributed by atoms with E-state index in [9.17, 15) is 9.59 Å². The fraction of sp³-hybridized carbons (Fsp3) is 0.619. The number of benzene rings is 1. The minimum atomic E-state index is -0.537. The van der Waals surface area contributed by atoms with Crippen LogP contribution in [0, 0.1) is 0 Å². The Hall–Kier alpha value is -2.08. The van der Waals surface area contributed by atoms with Crippen molar-refractivity contribution in [2.24, 2.45) is 0 Å². The summed E-state index contributed by atoms with van der Waals surface area (Å²) in [5.74, 6) is -0.0844. The molecular formula is C21H33N3O3. The van der Waals surface area contributed by atoms with E-state index in [2.05, 4.69) is 33.7 Å². The predicted molar refractivity (Wildman–Crippen MR) is 106 cm³/mol. The lowest BCUT2D eigenvalue weighted by molar-refractivity contribution is -0.121. The van der Waals surface area contributed by atoms with Crippen LogP contribution in [0.2, 0.25) is 0 Å². The molecule has 1 aliphatic heterocycles. The maximum atomic E-state index is 12.1. The highest BCUT2D eigenvalue weighted by atomic mass is 16.6. The summed E-state index contributed by atoms with van der Waals surface area (Å²) in [6.07, 6.45) is 3.59. The van der Waals surface area contributed by atoms with Crippen LogP contribution < -0.4 is 10.6 Å². The molecule has 2 amide bonds. The molecule has 1 aromatic carbocycles. The van der Waals surface area contributed by atoms with E-state index in [-0.39, 0.29) is 18.9 Å². The van der Waals surface area contributed by atoms with Crippen LogP contribution in [-0.4, -0.2) is 42.1 Å². The molecule has 1 heterocycles. The lowest BCUT2D eigenvalue weighted by Crippen LogP contribution is -2.35. The number of ether oxygens (including phenoxy) is 1. The lowest BCUT2D eigenvalue weighted by Gasteiger charge is -2.27. The van der Waals surface area contributed by atoms with Crippen molar-refractivity contribution in [3.05, 3.63) is 35.4 Å². The van der Waals surface area contributed by atoms with Gasteiger partial charge in [-0.2, -0.15) is 0 Å². The number of amides is 2. The summed E-state index contributed by atoms with van der Waals surface area (Å²) in [7, 11) is 0. The van der Waals surface area contributed by atoms with Gasteiger partial charge in [0.25, 0.3) is 0 Å². The minimum absolute atomic E-state index is 0.0844. The highest BCUT2D eigenvalue weighted by molar-refractivity contribution is 5.77. The predicted octanol–water partition coefficient (Wildman–Crippen LogP) is 3.20. The fourth-order valence-electron chi connectivity index (χ4n) is 3.12. The van der Waals surface area contributed by atoms with E-state index >= 15 is 0 Å². The van der Waals surface area contributed by atoms with Crippen molar-refractivity contribution in [1.29, 1.82) is 0 Å². The molecule has 1 aliphatic rings. The number of hydrogen-bond acceptors (Lipinski definition) is 4. The number of carbonyl (C=O) groups is 2. The molecule has 6 heteroatoms. The topological polar surface area (TPSA) is 70.7 Å². The molecule has 2 N–H and O–H groups in total. The van der Waals surface area contributed by atoms with Crippen molar-refractivity contribution in [3.8, 4) is 0 Å². The third-order valence-electron chi connectivity index (χ3n) is 4.46. The van der Waals surface area contributed by atoms with Crippen LogP contribution in [0.15, 0.2) is 24.3 Å². The zero-order valence-electron chi connectivity index (χ0n) is 16.8. The molecule has 0 aliphatic carbocycles. The number of nitrogens with one attached hydrogen (secondary N) is 2. The van der Waals surface area contributed by atoms with Crippen LogP contribution in [0.3, 0.4) is 0 Å². The van der Waals surface area contributed by atoms with Crippen molar-refractivity contribution < 1.29 is 14.3 Å². The Morgan fingerprint density at radius 1 is 1.04 bits per heavy atom. The zero-order chi connectivity index (χ0) is 19.7. The van der Waals surface area contributed by atoms with Gasteiger partial charge in [-0.25, -0.2) is 4.79 Å². The molecule has 6 nitrogen and oxygen atoms in total. The molecule has 0 aromatic heterocycles. The molecule has 0 spiro atoms. The average molecular weight is 376 g/mol. The molecule has 27 heavy (non-hydrogen) atoms. The summed E-state index contributed by atoms with van der Waals surface area (Å²) in [4.78, 5) is 26.1. The normalized spacial score (nSPS) is 15.2. The molecule has 2 rings (SSSR count). The first kappa shape index (κ1) is 21.2. The van der Waals surface area contributed by atoms with Crippen molar-refractivity contribution in [2.45, 2.75) is 65.1 Å². The molecule has 0 atom stereocenters. The van der Waals surface area contributed by atoms with Gasteiger partial charge < -0.3 is 15.4 Å². The second-order valence-electron chi connectivity index (χ2n) is 8.06. The summed E-state index contributed by atoms with van der Waals surface area (Å²) in [6.45, 7) is 9.42. The van der Waals surface area contributed by atoms with Crippen LogP contribution in [0.5, 0.6) is 0 Å². The van der Waals surface area contributed by atoms with E-state index in [1.54, 1.807) is 20.8 Å². The van der Waals surface area contributed by atoms with Crippen molar-refractivity contribution in [2.75, 3.05) is 19.6 Å². The van der Waals surface area contributed by atoms with Crippen LogP contribution in [0.4, 0.5) is 4.79 Å². The Morgan fingerprint density at radius 3 is 2.37 bits per heavy atom. The van der Waals surface area contributed by atoms with Crippen LogP contribution in [0.25, 0.3) is 0 Å². The van der Waals surface area contributed by atoms with Gasteiger partial charge in [0, 0.05) is 26.1 Å². The van der Waals surface area contributed by atoms with E-state index in [1.165, 1.54) is 24.8 Å². The van der Waals surface area contributed by atoms with Gasteiger partial charge in [-0.05, 0) is 57.8 Å². The number of likely N-dealkylation sites (tertiary alicyclic amines) is 1. The van der Waals surface area contributed by atoms with Gasteiger partial charge in [0.15, 0.2) is 0 Å². The molecule has 1 aromatic rings. The van der Waals surface area contributed by atoms with Crippen molar-refractivity contribution in [3.63, 3.8) is 0 Å². The minimum Gasteiger partial charge on any atom is -0.444 e. The number of hydrogen-bond donors (Lipinski definition) is 2. The van der Waals surface area contributed by atoms with Gasteiger partial charge in [-0.15, -0.1) is 0 Å². The van der Waals surface area contributed by atoms with E-state index in [4.69, 9.17) is 4.74 Å². The zero-order valence-corrected chi connectivity index (χ0v) is 16.8. The highest BCUT2D eigenvalue weighted by Gasteiger charge is 2.16. The van der Waals surface area contributed by atoms with Gasteiger partial charge in [0.1, 0.15) is 5.60 Å². The first-order chi connectivity index (χ1) is 12.8. The van der Waals surface area contributed by atoms with Crippen LogP contribution in [0.1, 0.15) is 57.6 Å². The summed E-state index contributed by atoms with van der Waals surface area (Å²) in [5, 5.41) is 5.55. The van der Waals surface area contributed by atoms with E-state index in [0.717, 1.165) is 25.2 Å². The van der Waals surface area contributed by atoms with E-state index in [0.29, 0.717) is 6.54 Å². The number of alkyl carbamates (subject to hydrolysis) is 1. The van der Waals surface area contributed by atoms with Gasteiger partial charge >= 0.3 is 6.09 Å². The summed E-state index contributed by atoms with van der Waals surface area (Å²) in [5.41, 5.74) is 1.88. The smallest absolute Gasteiger partial charge is 0.407 e. The second-order valence-corrected chi connectivity index (χ2v) is 8.06.